The average Bonchev–Trinajstić information content (AvgIpc) is 2.45. The molecule has 1 amide bonds. The monoisotopic (exact) mass is 286 g/mol. The standard InChI is InChI=1S/C17H19FN2O/c1-12-3-8-16(9-13(12)2)20-17(21)11-19-10-14-4-6-15(18)7-5-14/h3-9,19H,10-11H2,1-2H3,(H,20,21). The Balaban J connectivity index is 1.79. The number of amides is 1. The summed E-state index contributed by atoms with van der Waals surface area (Å²) >= 11 is 0. The maximum atomic E-state index is 12.8. The zero-order chi connectivity index (χ0) is 15.2. The Labute approximate surface area is 124 Å². The first-order chi connectivity index (χ1) is 10.0. The summed E-state index contributed by atoms with van der Waals surface area (Å²) in [7, 11) is 0. The van der Waals surface area contributed by atoms with Crippen molar-refractivity contribution in [1.82, 2.24) is 5.32 Å². The van der Waals surface area contributed by atoms with Gasteiger partial charge >= 0.3 is 0 Å². The second-order valence-electron chi connectivity index (χ2n) is 5.08. The lowest BCUT2D eigenvalue weighted by molar-refractivity contribution is -0.115. The highest BCUT2D eigenvalue weighted by Gasteiger charge is 2.03. The molecular formula is C17H19FN2O. The number of rotatable bonds is 5. The molecule has 3 nitrogen and oxygen atoms in total. The molecule has 0 unspecified atom stereocenters. The predicted octanol–water partition coefficient (Wildman–Crippen LogP) is 3.17. The Kier molecular flexibility index (Phi) is 5.06. The highest BCUT2D eigenvalue weighted by molar-refractivity contribution is 5.92. The molecule has 2 aromatic carbocycles. The molecule has 0 saturated carbocycles. The van der Waals surface area contributed by atoms with Crippen LogP contribution in [0.1, 0.15) is 16.7 Å². The topological polar surface area (TPSA) is 41.1 Å². The molecule has 0 aliphatic heterocycles. The van der Waals surface area contributed by atoms with E-state index in [-0.39, 0.29) is 18.3 Å². The Hall–Kier alpha value is -2.20. The van der Waals surface area contributed by atoms with Crippen LogP contribution in [-0.2, 0) is 11.3 Å². The largest absolute Gasteiger partial charge is 0.325 e. The minimum atomic E-state index is -0.258. The SMILES string of the molecule is Cc1ccc(NC(=O)CNCc2ccc(F)cc2)cc1C. The normalized spacial score (nSPS) is 10.4. The fourth-order valence-electron chi connectivity index (χ4n) is 1.95. The van der Waals surface area contributed by atoms with E-state index < -0.39 is 0 Å². The zero-order valence-electron chi connectivity index (χ0n) is 12.2. The van der Waals surface area contributed by atoms with E-state index in [1.165, 1.54) is 17.7 Å². The van der Waals surface area contributed by atoms with Gasteiger partial charge in [-0.1, -0.05) is 18.2 Å². The molecule has 0 atom stereocenters. The number of anilines is 1. The summed E-state index contributed by atoms with van der Waals surface area (Å²) in [6.45, 7) is 4.79. The molecule has 2 rings (SSSR count). The van der Waals surface area contributed by atoms with Crippen molar-refractivity contribution in [2.75, 3.05) is 11.9 Å². The molecule has 0 heterocycles. The second-order valence-corrected chi connectivity index (χ2v) is 5.08. The van der Waals surface area contributed by atoms with Crippen LogP contribution in [0.15, 0.2) is 42.5 Å². The summed E-state index contributed by atoms with van der Waals surface area (Å²) in [4.78, 5) is 11.8. The third kappa shape index (κ3) is 4.68. The van der Waals surface area contributed by atoms with Crippen LogP contribution >= 0.6 is 0 Å². The van der Waals surface area contributed by atoms with Crippen molar-refractivity contribution >= 4 is 11.6 Å². The summed E-state index contributed by atoms with van der Waals surface area (Å²) in [5.74, 6) is -0.355. The van der Waals surface area contributed by atoms with Gasteiger partial charge < -0.3 is 10.6 Å². The van der Waals surface area contributed by atoms with E-state index in [0.29, 0.717) is 6.54 Å². The number of aryl methyl sites for hydroxylation is 2. The minimum Gasteiger partial charge on any atom is -0.325 e. The van der Waals surface area contributed by atoms with E-state index in [9.17, 15) is 9.18 Å². The van der Waals surface area contributed by atoms with Gasteiger partial charge in [-0.15, -0.1) is 0 Å². The van der Waals surface area contributed by atoms with Crippen LogP contribution in [0.2, 0.25) is 0 Å². The first kappa shape index (κ1) is 15.2. The summed E-state index contributed by atoms with van der Waals surface area (Å²) in [6.07, 6.45) is 0. The van der Waals surface area contributed by atoms with Crippen LogP contribution in [0.4, 0.5) is 10.1 Å². The Bertz CT molecular complexity index is 623. The number of benzene rings is 2. The van der Waals surface area contributed by atoms with Gasteiger partial charge in [-0.25, -0.2) is 4.39 Å². The average molecular weight is 286 g/mol. The molecule has 0 bridgehead atoms. The molecule has 0 fully saturated rings. The van der Waals surface area contributed by atoms with Crippen molar-refractivity contribution in [2.24, 2.45) is 0 Å². The van der Waals surface area contributed by atoms with Crippen molar-refractivity contribution in [3.05, 3.63) is 65.0 Å². The summed E-state index contributed by atoms with van der Waals surface area (Å²) < 4.78 is 12.8. The smallest absolute Gasteiger partial charge is 0.238 e. The van der Waals surface area contributed by atoms with Gasteiger partial charge in [0.2, 0.25) is 5.91 Å². The Morgan fingerprint density at radius 1 is 1.05 bits per heavy atom. The number of nitrogens with one attached hydrogen (secondary N) is 2. The quantitative estimate of drug-likeness (QED) is 0.886. The van der Waals surface area contributed by atoms with Crippen LogP contribution in [0.3, 0.4) is 0 Å². The highest BCUT2D eigenvalue weighted by atomic mass is 19.1. The molecule has 21 heavy (non-hydrogen) atoms. The second kappa shape index (κ2) is 6.99. The molecular weight excluding hydrogens is 267 g/mol. The van der Waals surface area contributed by atoms with E-state index in [1.54, 1.807) is 12.1 Å². The van der Waals surface area contributed by atoms with Crippen molar-refractivity contribution < 1.29 is 9.18 Å². The number of hydrogen-bond acceptors (Lipinski definition) is 2. The van der Waals surface area contributed by atoms with Crippen LogP contribution in [-0.4, -0.2) is 12.5 Å². The van der Waals surface area contributed by atoms with Gasteiger partial charge in [0.25, 0.3) is 0 Å². The Morgan fingerprint density at radius 3 is 2.43 bits per heavy atom. The van der Waals surface area contributed by atoms with E-state index >= 15 is 0 Å². The van der Waals surface area contributed by atoms with E-state index in [1.807, 2.05) is 32.0 Å². The molecule has 4 heteroatoms. The fraction of sp³-hybridized carbons (Fsp3) is 0.235. The first-order valence-corrected chi connectivity index (χ1v) is 6.87. The molecule has 0 spiro atoms. The van der Waals surface area contributed by atoms with Gasteiger partial charge in [-0.05, 0) is 54.8 Å². The maximum Gasteiger partial charge on any atom is 0.238 e. The van der Waals surface area contributed by atoms with Gasteiger partial charge in [0, 0.05) is 12.2 Å². The van der Waals surface area contributed by atoms with Gasteiger partial charge in [0.15, 0.2) is 0 Å². The van der Waals surface area contributed by atoms with Crippen LogP contribution in [0.25, 0.3) is 0 Å². The van der Waals surface area contributed by atoms with Crippen LogP contribution in [0, 0.1) is 19.7 Å². The molecule has 0 aliphatic rings. The lowest BCUT2D eigenvalue weighted by atomic mass is 10.1. The lowest BCUT2D eigenvalue weighted by Crippen LogP contribution is -2.27. The third-order valence-corrected chi connectivity index (χ3v) is 3.32. The third-order valence-electron chi connectivity index (χ3n) is 3.32. The van der Waals surface area contributed by atoms with Crippen LogP contribution in [0.5, 0.6) is 0 Å². The molecule has 0 radical (unpaired) electrons. The molecule has 2 aromatic rings. The summed E-state index contributed by atoms with van der Waals surface area (Å²) in [6, 6.07) is 12.0. The predicted molar refractivity (Wildman–Crippen MR) is 82.7 cm³/mol. The number of hydrogen-bond donors (Lipinski definition) is 2. The van der Waals surface area contributed by atoms with Crippen molar-refractivity contribution in [2.45, 2.75) is 20.4 Å². The number of halogens is 1. The van der Waals surface area contributed by atoms with E-state index in [4.69, 9.17) is 0 Å². The highest BCUT2D eigenvalue weighted by Crippen LogP contribution is 2.13. The van der Waals surface area contributed by atoms with Crippen molar-refractivity contribution in [3.63, 3.8) is 0 Å². The molecule has 0 aliphatic carbocycles. The Morgan fingerprint density at radius 2 is 1.76 bits per heavy atom. The van der Waals surface area contributed by atoms with Gasteiger partial charge in [-0.2, -0.15) is 0 Å². The van der Waals surface area contributed by atoms with Gasteiger partial charge in [-0.3, -0.25) is 4.79 Å². The van der Waals surface area contributed by atoms with Gasteiger partial charge in [0.1, 0.15) is 5.82 Å². The fourth-order valence-corrected chi connectivity index (χ4v) is 1.95. The van der Waals surface area contributed by atoms with Crippen molar-refractivity contribution in [3.8, 4) is 0 Å². The zero-order valence-corrected chi connectivity index (χ0v) is 12.2. The van der Waals surface area contributed by atoms with Gasteiger partial charge in [0.05, 0.1) is 6.54 Å². The molecule has 0 saturated heterocycles. The molecule has 0 aromatic heterocycles. The van der Waals surface area contributed by atoms with E-state index in [0.717, 1.165) is 16.8 Å². The van der Waals surface area contributed by atoms with Crippen molar-refractivity contribution in [1.29, 1.82) is 0 Å². The summed E-state index contributed by atoms with van der Waals surface area (Å²) in [5.41, 5.74) is 4.08. The minimum absolute atomic E-state index is 0.0969. The molecule has 110 valence electrons. The maximum absolute atomic E-state index is 12.8. The number of carbonyl (C=O) groups excluding carboxylic acids is 1. The lowest BCUT2D eigenvalue weighted by Gasteiger charge is -2.08. The van der Waals surface area contributed by atoms with Crippen LogP contribution < -0.4 is 10.6 Å². The number of carbonyl (C=O) groups is 1. The van der Waals surface area contributed by atoms with E-state index in [2.05, 4.69) is 10.6 Å². The summed E-state index contributed by atoms with van der Waals surface area (Å²) in [5, 5.41) is 5.88. The molecule has 2 N–H and O–H groups in total. The first-order valence-electron chi connectivity index (χ1n) is 6.87.